The van der Waals surface area contributed by atoms with Gasteiger partial charge < -0.3 is 15.2 Å². The van der Waals surface area contributed by atoms with Gasteiger partial charge in [0.15, 0.2) is 0 Å². The van der Waals surface area contributed by atoms with Crippen molar-refractivity contribution in [2.75, 3.05) is 13.2 Å². The quantitative estimate of drug-likeness (QED) is 0.688. The number of carboxylic acid groups (broad SMARTS) is 1. The number of ether oxygens (including phenoxy) is 1. The number of carbonyl (C=O) groups is 1. The van der Waals surface area contributed by atoms with Gasteiger partial charge in [-0.15, -0.1) is 0 Å². The van der Waals surface area contributed by atoms with Crippen LogP contribution < -0.4 is 5.32 Å². The van der Waals surface area contributed by atoms with Crippen LogP contribution in [0.15, 0.2) is 0 Å². The number of hydrogen-bond acceptors (Lipinski definition) is 3. The molecule has 1 rings (SSSR count). The van der Waals surface area contributed by atoms with Gasteiger partial charge in [-0.3, -0.25) is 4.79 Å². The molecule has 0 bridgehead atoms. The van der Waals surface area contributed by atoms with E-state index in [4.69, 9.17) is 4.74 Å². The molecule has 0 aliphatic heterocycles. The van der Waals surface area contributed by atoms with Gasteiger partial charge in [0.05, 0.1) is 6.10 Å². The minimum absolute atomic E-state index is 0.340. The summed E-state index contributed by atoms with van der Waals surface area (Å²) in [4.78, 5) is 11.2. The number of hydrogen-bond donors (Lipinski definition) is 2. The summed E-state index contributed by atoms with van der Waals surface area (Å²) in [5, 5.41) is 12.3. The van der Waals surface area contributed by atoms with E-state index in [-0.39, 0.29) is 0 Å². The predicted octanol–water partition coefficient (Wildman–Crippen LogP) is 2.57. The summed E-state index contributed by atoms with van der Waals surface area (Å²) in [6, 6.07) is 0. The molecule has 18 heavy (non-hydrogen) atoms. The molecule has 0 aromatic rings. The maximum Gasteiger partial charge on any atom is 0.323 e. The Hall–Kier alpha value is -0.610. The van der Waals surface area contributed by atoms with Gasteiger partial charge in [0.2, 0.25) is 0 Å². The second-order valence-corrected chi connectivity index (χ2v) is 5.40. The number of rotatable bonds is 7. The van der Waals surface area contributed by atoms with Crippen LogP contribution in [-0.2, 0) is 9.53 Å². The molecule has 4 heteroatoms. The maximum absolute atomic E-state index is 11.2. The molecule has 1 fully saturated rings. The van der Waals surface area contributed by atoms with Gasteiger partial charge in [-0.25, -0.2) is 0 Å². The van der Waals surface area contributed by atoms with E-state index in [1.807, 2.05) is 6.92 Å². The van der Waals surface area contributed by atoms with Crippen molar-refractivity contribution in [2.24, 2.45) is 0 Å². The zero-order valence-corrected chi connectivity index (χ0v) is 11.7. The fraction of sp³-hybridized carbons (Fsp3) is 0.929. The molecule has 0 aromatic heterocycles. The van der Waals surface area contributed by atoms with Crippen molar-refractivity contribution < 1.29 is 14.6 Å². The Bertz CT molecular complexity index is 249. The molecule has 1 saturated carbocycles. The molecule has 2 N–H and O–H groups in total. The number of nitrogens with one attached hydrogen (secondary N) is 1. The molecule has 1 aliphatic rings. The third kappa shape index (κ3) is 4.94. The van der Waals surface area contributed by atoms with Gasteiger partial charge in [0, 0.05) is 6.61 Å². The van der Waals surface area contributed by atoms with Crippen molar-refractivity contribution in [3.63, 3.8) is 0 Å². The summed E-state index contributed by atoms with van der Waals surface area (Å²) in [6.07, 6.45) is 8.23. The molecule has 1 atom stereocenters. The summed E-state index contributed by atoms with van der Waals surface area (Å²) in [5.41, 5.74) is -0.862. The van der Waals surface area contributed by atoms with Gasteiger partial charge in [-0.1, -0.05) is 32.6 Å². The molecule has 0 amide bonds. The van der Waals surface area contributed by atoms with E-state index < -0.39 is 11.5 Å². The Morgan fingerprint density at radius 1 is 1.33 bits per heavy atom. The van der Waals surface area contributed by atoms with Gasteiger partial charge >= 0.3 is 5.97 Å². The summed E-state index contributed by atoms with van der Waals surface area (Å²) < 4.78 is 5.85. The van der Waals surface area contributed by atoms with E-state index in [2.05, 4.69) is 5.32 Å². The molecule has 106 valence electrons. The second-order valence-electron chi connectivity index (χ2n) is 5.40. The van der Waals surface area contributed by atoms with E-state index in [0.29, 0.717) is 25.7 Å². The van der Waals surface area contributed by atoms with Crippen LogP contribution in [0.5, 0.6) is 0 Å². The van der Waals surface area contributed by atoms with E-state index in [1.54, 1.807) is 6.92 Å². The first-order valence-corrected chi connectivity index (χ1v) is 7.18. The molecule has 0 heterocycles. The van der Waals surface area contributed by atoms with Gasteiger partial charge in [0.1, 0.15) is 5.54 Å². The molecule has 0 aromatic carbocycles. The highest BCUT2D eigenvalue weighted by Crippen LogP contribution is 2.20. The first-order chi connectivity index (χ1) is 8.58. The van der Waals surface area contributed by atoms with E-state index in [1.165, 1.54) is 25.7 Å². The highest BCUT2D eigenvalue weighted by molar-refractivity contribution is 5.78. The van der Waals surface area contributed by atoms with Crippen LogP contribution in [0, 0.1) is 0 Å². The lowest BCUT2D eigenvalue weighted by Gasteiger charge is -2.26. The Labute approximate surface area is 110 Å². The van der Waals surface area contributed by atoms with Crippen molar-refractivity contribution in [1.29, 1.82) is 0 Å². The van der Waals surface area contributed by atoms with E-state index >= 15 is 0 Å². The van der Waals surface area contributed by atoms with Gasteiger partial charge in [-0.05, 0) is 32.7 Å². The monoisotopic (exact) mass is 257 g/mol. The highest BCUT2D eigenvalue weighted by atomic mass is 16.5. The van der Waals surface area contributed by atoms with Crippen molar-refractivity contribution in [3.05, 3.63) is 0 Å². The lowest BCUT2D eigenvalue weighted by Crippen LogP contribution is -2.50. The Morgan fingerprint density at radius 2 is 1.94 bits per heavy atom. The largest absolute Gasteiger partial charge is 0.480 e. The van der Waals surface area contributed by atoms with Gasteiger partial charge in [-0.2, -0.15) is 0 Å². The number of likely N-dealkylation sites (N-methyl/N-ethyl adjacent to an activating group) is 1. The van der Waals surface area contributed by atoms with Crippen LogP contribution in [0.4, 0.5) is 0 Å². The predicted molar refractivity (Wildman–Crippen MR) is 71.8 cm³/mol. The fourth-order valence-corrected chi connectivity index (χ4v) is 2.50. The summed E-state index contributed by atoms with van der Waals surface area (Å²) in [6.45, 7) is 4.84. The van der Waals surface area contributed by atoms with Crippen molar-refractivity contribution in [2.45, 2.75) is 70.4 Å². The van der Waals surface area contributed by atoms with Crippen LogP contribution >= 0.6 is 0 Å². The van der Waals surface area contributed by atoms with Crippen molar-refractivity contribution in [1.82, 2.24) is 5.32 Å². The summed E-state index contributed by atoms with van der Waals surface area (Å²) in [5.74, 6) is -0.797. The summed E-state index contributed by atoms with van der Waals surface area (Å²) in [7, 11) is 0. The second kappa shape index (κ2) is 7.74. The fourth-order valence-electron chi connectivity index (χ4n) is 2.50. The third-order valence-electron chi connectivity index (χ3n) is 3.80. The Morgan fingerprint density at radius 3 is 2.44 bits per heavy atom. The molecule has 4 nitrogen and oxygen atoms in total. The average molecular weight is 257 g/mol. The minimum atomic E-state index is -0.862. The molecule has 0 spiro atoms. The molecule has 1 unspecified atom stereocenters. The summed E-state index contributed by atoms with van der Waals surface area (Å²) >= 11 is 0. The van der Waals surface area contributed by atoms with Crippen molar-refractivity contribution >= 4 is 5.97 Å². The lowest BCUT2D eigenvalue weighted by atomic mass is 9.98. The average Bonchev–Trinajstić information content (AvgIpc) is 2.58. The molecular formula is C14H27NO3. The molecule has 0 radical (unpaired) electrons. The van der Waals surface area contributed by atoms with Crippen LogP contribution in [0.25, 0.3) is 0 Å². The normalized spacial score (nSPS) is 21.2. The lowest BCUT2D eigenvalue weighted by molar-refractivity contribution is -0.145. The number of aliphatic carboxylic acids is 1. The molecule has 0 saturated heterocycles. The minimum Gasteiger partial charge on any atom is -0.480 e. The van der Waals surface area contributed by atoms with Crippen LogP contribution in [0.2, 0.25) is 0 Å². The molecule has 1 aliphatic carbocycles. The smallest absolute Gasteiger partial charge is 0.323 e. The highest BCUT2D eigenvalue weighted by Gasteiger charge is 2.31. The van der Waals surface area contributed by atoms with Crippen molar-refractivity contribution in [3.8, 4) is 0 Å². The Kier molecular flexibility index (Phi) is 6.65. The van der Waals surface area contributed by atoms with Gasteiger partial charge in [0.25, 0.3) is 0 Å². The van der Waals surface area contributed by atoms with E-state index in [0.717, 1.165) is 12.8 Å². The number of carboxylic acids is 1. The SMILES string of the molecule is CCNC(C)(CCOC1CCCCCC1)C(=O)O. The van der Waals surface area contributed by atoms with Crippen LogP contribution in [-0.4, -0.2) is 35.9 Å². The molecular weight excluding hydrogens is 230 g/mol. The third-order valence-corrected chi connectivity index (χ3v) is 3.80. The standard InChI is InChI=1S/C14H27NO3/c1-3-15-14(2,13(16)17)10-11-18-12-8-6-4-5-7-9-12/h12,15H,3-11H2,1-2H3,(H,16,17). The van der Waals surface area contributed by atoms with E-state index in [9.17, 15) is 9.90 Å². The first kappa shape index (κ1) is 15.4. The zero-order chi connectivity index (χ0) is 13.4. The maximum atomic E-state index is 11.2. The van der Waals surface area contributed by atoms with Crippen LogP contribution in [0.1, 0.15) is 58.8 Å². The van der Waals surface area contributed by atoms with Crippen LogP contribution in [0.3, 0.4) is 0 Å². The first-order valence-electron chi connectivity index (χ1n) is 7.18. The Balaban J connectivity index is 2.31. The topological polar surface area (TPSA) is 58.6 Å². The zero-order valence-electron chi connectivity index (χ0n) is 11.7.